The summed E-state index contributed by atoms with van der Waals surface area (Å²) in [5, 5.41) is 10.0. The zero-order chi connectivity index (χ0) is 20.3. The topological polar surface area (TPSA) is 82.2 Å². The molecule has 4 rings (SSSR count). The summed E-state index contributed by atoms with van der Waals surface area (Å²) in [6, 6.07) is 10.6. The molecule has 1 aromatic heterocycles. The predicted octanol–water partition coefficient (Wildman–Crippen LogP) is 2.64. The van der Waals surface area contributed by atoms with Crippen LogP contribution < -0.4 is 16.0 Å². The third-order valence-electron chi connectivity index (χ3n) is 5.78. The number of carbonyl (C=O) groups is 1. The van der Waals surface area contributed by atoms with Gasteiger partial charge in [0.15, 0.2) is 0 Å². The van der Waals surface area contributed by atoms with Crippen LogP contribution >= 0.6 is 0 Å². The number of benzene rings is 1. The maximum atomic E-state index is 13.3. The molecule has 1 saturated heterocycles. The lowest BCUT2D eigenvalue weighted by Crippen LogP contribution is -2.56. The minimum Gasteiger partial charge on any atom is -0.352 e. The first-order valence-corrected chi connectivity index (χ1v) is 10.5. The number of nitrogens with one attached hydrogen (secondary N) is 3. The van der Waals surface area contributed by atoms with Crippen LogP contribution in [0.2, 0.25) is 0 Å². The number of hydrogen-bond donors (Lipinski definition) is 3. The molecule has 0 atom stereocenters. The SMILES string of the molecule is CC(C)Nc1ncc2c(n1)CN(C(=O)NC1(c3ccccc3)CCNCC1)CC2. The summed E-state index contributed by atoms with van der Waals surface area (Å²) in [6.45, 7) is 7.11. The molecule has 2 aliphatic heterocycles. The van der Waals surface area contributed by atoms with Crippen LogP contribution in [0.3, 0.4) is 0 Å². The van der Waals surface area contributed by atoms with E-state index in [0.717, 1.165) is 43.6 Å². The fourth-order valence-corrected chi connectivity index (χ4v) is 4.18. The maximum Gasteiger partial charge on any atom is 0.318 e. The summed E-state index contributed by atoms with van der Waals surface area (Å²) in [5.41, 5.74) is 2.92. The number of piperidine rings is 1. The largest absolute Gasteiger partial charge is 0.352 e. The van der Waals surface area contributed by atoms with Crippen molar-refractivity contribution in [3.8, 4) is 0 Å². The van der Waals surface area contributed by atoms with Crippen LogP contribution in [0, 0.1) is 0 Å². The van der Waals surface area contributed by atoms with Gasteiger partial charge in [-0.25, -0.2) is 14.8 Å². The van der Waals surface area contributed by atoms with Crippen molar-refractivity contribution in [3.05, 3.63) is 53.3 Å². The number of rotatable bonds is 4. The fraction of sp³-hybridized carbons (Fsp3) is 0.500. The van der Waals surface area contributed by atoms with Gasteiger partial charge in [0.05, 0.1) is 17.8 Å². The minimum atomic E-state index is -0.320. The van der Waals surface area contributed by atoms with Gasteiger partial charge in [-0.15, -0.1) is 0 Å². The molecule has 0 radical (unpaired) electrons. The van der Waals surface area contributed by atoms with Gasteiger partial charge in [-0.1, -0.05) is 30.3 Å². The number of anilines is 1. The number of aromatic nitrogens is 2. The van der Waals surface area contributed by atoms with Crippen molar-refractivity contribution in [1.82, 2.24) is 25.5 Å². The van der Waals surface area contributed by atoms with Crippen LogP contribution in [0.25, 0.3) is 0 Å². The van der Waals surface area contributed by atoms with Crippen molar-refractivity contribution in [2.75, 3.05) is 25.0 Å². The molecule has 0 unspecified atom stereocenters. The quantitative estimate of drug-likeness (QED) is 0.743. The Hall–Kier alpha value is -2.67. The van der Waals surface area contributed by atoms with E-state index in [2.05, 4.69) is 51.9 Å². The van der Waals surface area contributed by atoms with Crippen LogP contribution in [-0.2, 0) is 18.5 Å². The highest BCUT2D eigenvalue weighted by Crippen LogP contribution is 2.31. The van der Waals surface area contributed by atoms with Gasteiger partial charge in [0.25, 0.3) is 0 Å². The van der Waals surface area contributed by atoms with Crippen molar-refractivity contribution in [3.63, 3.8) is 0 Å². The summed E-state index contributed by atoms with van der Waals surface area (Å²) < 4.78 is 0. The molecule has 0 saturated carbocycles. The first-order valence-electron chi connectivity index (χ1n) is 10.5. The highest BCUT2D eigenvalue weighted by atomic mass is 16.2. The molecule has 3 N–H and O–H groups in total. The first kappa shape index (κ1) is 19.6. The first-order chi connectivity index (χ1) is 14.1. The molecule has 2 aromatic rings. The number of amides is 2. The molecule has 3 heterocycles. The number of hydrogen-bond acceptors (Lipinski definition) is 5. The van der Waals surface area contributed by atoms with Gasteiger partial charge in [-0.3, -0.25) is 0 Å². The molecule has 2 amide bonds. The van der Waals surface area contributed by atoms with E-state index in [9.17, 15) is 4.79 Å². The number of nitrogens with zero attached hydrogens (tertiary/aromatic N) is 3. The zero-order valence-corrected chi connectivity index (χ0v) is 17.2. The van der Waals surface area contributed by atoms with Gasteiger partial charge in [0.2, 0.25) is 5.95 Å². The molecular formula is C22H30N6O. The number of urea groups is 1. The molecule has 29 heavy (non-hydrogen) atoms. The monoisotopic (exact) mass is 394 g/mol. The van der Waals surface area contributed by atoms with Gasteiger partial charge >= 0.3 is 6.03 Å². The van der Waals surface area contributed by atoms with Crippen molar-refractivity contribution >= 4 is 12.0 Å². The minimum absolute atomic E-state index is 0.0154. The number of fused-ring (bicyclic) bond motifs is 1. The predicted molar refractivity (Wildman–Crippen MR) is 114 cm³/mol. The second-order valence-electron chi connectivity index (χ2n) is 8.26. The molecular weight excluding hydrogens is 364 g/mol. The van der Waals surface area contributed by atoms with Crippen LogP contribution in [0.15, 0.2) is 36.5 Å². The highest BCUT2D eigenvalue weighted by molar-refractivity contribution is 5.75. The Balaban J connectivity index is 1.51. The van der Waals surface area contributed by atoms with Gasteiger partial charge < -0.3 is 20.9 Å². The Morgan fingerprint density at radius 3 is 2.69 bits per heavy atom. The molecule has 1 aromatic carbocycles. The van der Waals surface area contributed by atoms with Gasteiger partial charge in [-0.2, -0.15) is 0 Å². The Morgan fingerprint density at radius 2 is 1.97 bits per heavy atom. The highest BCUT2D eigenvalue weighted by Gasteiger charge is 2.37. The summed E-state index contributed by atoms with van der Waals surface area (Å²) in [5.74, 6) is 0.625. The van der Waals surface area contributed by atoms with Crippen LogP contribution in [0.5, 0.6) is 0 Å². The average Bonchev–Trinajstić information content (AvgIpc) is 2.74. The Morgan fingerprint density at radius 1 is 1.21 bits per heavy atom. The lowest BCUT2D eigenvalue weighted by atomic mass is 9.81. The van der Waals surface area contributed by atoms with Crippen molar-refractivity contribution in [2.24, 2.45) is 0 Å². The molecule has 7 nitrogen and oxygen atoms in total. The van der Waals surface area contributed by atoms with E-state index in [-0.39, 0.29) is 17.6 Å². The molecule has 0 aliphatic carbocycles. The smallest absolute Gasteiger partial charge is 0.318 e. The van der Waals surface area contributed by atoms with Crippen molar-refractivity contribution in [1.29, 1.82) is 0 Å². The lowest BCUT2D eigenvalue weighted by Gasteiger charge is -2.41. The second-order valence-corrected chi connectivity index (χ2v) is 8.26. The Labute approximate surface area is 172 Å². The van der Waals surface area contributed by atoms with E-state index < -0.39 is 0 Å². The van der Waals surface area contributed by atoms with E-state index in [1.807, 2.05) is 29.3 Å². The van der Waals surface area contributed by atoms with Gasteiger partial charge in [0.1, 0.15) is 0 Å². The summed E-state index contributed by atoms with van der Waals surface area (Å²) in [7, 11) is 0. The van der Waals surface area contributed by atoms with E-state index in [0.29, 0.717) is 19.0 Å². The summed E-state index contributed by atoms with van der Waals surface area (Å²) >= 11 is 0. The van der Waals surface area contributed by atoms with Crippen molar-refractivity contribution in [2.45, 2.75) is 51.2 Å². The molecule has 1 fully saturated rings. The molecule has 154 valence electrons. The van der Waals surface area contributed by atoms with Crippen molar-refractivity contribution < 1.29 is 4.79 Å². The van der Waals surface area contributed by atoms with E-state index >= 15 is 0 Å². The summed E-state index contributed by atoms with van der Waals surface area (Å²) in [4.78, 5) is 24.2. The van der Waals surface area contributed by atoms with Crippen LogP contribution in [0.1, 0.15) is 43.5 Å². The summed E-state index contributed by atoms with van der Waals surface area (Å²) in [6.07, 6.45) is 4.45. The van der Waals surface area contributed by atoms with Gasteiger partial charge in [-0.05, 0) is 57.3 Å². The fourth-order valence-electron chi connectivity index (χ4n) is 4.18. The normalized spacial score (nSPS) is 18.2. The lowest BCUT2D eigenvalue weighted by molar-refractivity contribution is 0.164. The van der Waals surface area contributed by atoms with Crippen LogP contribution in [-0.4, -0.2) is 46.6 Å². The Kier molecular flexibility index (Phi) is 5.67. The molecule has 2 aliphatic rings. The van der Waals surface area contributed by atoms with E-state index in [1.54, 1.807) is 0 Å². The average molecular weight is 395 g/mol. The zero-order valence-electron chi connectivity index (χ0n) is 17.2. The molecule has 0 spiro atoms. The third kappa shape index (κ3) is 4.34. The molecule has 7 heteroatoms. The third-order valence-corrected chi connectivity index (χ3v) is 5.78. The standard InChI is InChI=1S/C22H30N6O/c1-16(2)25-20-24-14-17-8-13-28(15-19(17)26-20)21(29)27-22(9-11-23-12-10-22)18-6-4-3-5-7-18/h3-7,14,16,23H,8-13,15H2,1-2H3,(H,27,29)(H,24,25,26). The Bertz CT molecular complexity index is 848. The van der Waals surface area contributed by atoms with Crippen LogP contribution in [0.4, 0.5) is 10.7 Å². The van der Waals surface area contributed by atoms with E-state index in [1.165, 1.54) is 5.56 Å². The second kappa shape index (κ2) is 8.37. The van der Waals surface area contributed by atoms with E-state index in [4.69, 9.17) is 0 Å². The maximum absolute atomic E-state index is 13.3. The number of carbonyl (C=O) groups excluding carboxylic acids is 1. The van der Waals surface area contributed by atoms with Gasteiger partial charge in [0, 0.05) is 18.8 Å². The molecule has 0 bridgehead atoms.